The van der Waals surface area contributed by atoms with Crippen molar-refractivity contribution in [2.24, 2.45) is 5.92 Å². The molecule has 1 aromatic carbocycles. The molecule has 0 aromatic heterocycles. The summed E-state index contributed by atoms with van der Waals surface area (Å²) < 4.78 is 10.3. The van der Waals surface area contributed by atoms with Gasteiger partial charge in [0.15, 0.2) is 0 Å². The van der Waals surface area contributed by atoms with Crippen LogP contribution < -0.4 is 18.9 Å². The first-order valence-corrected chi connectivity index (χ1v) is 8.37. The monoisotopic (exact) mass is 323 g/mol. The molecule has 1 fully saturated rings. The van der Waals surface area contributed by atoms with Crippen LogP contribution in [0.3, 0.4) is 0 Å². The summed E-state index contributed by atoms with van der Waals surface area (Å²) in [5.74, 6) is 0.643. The summed E-state index contributed by atoms with van der Waals surface area (Å²) in [6, 6.07) is 9.32. The fourth-order valence-electron chi connectivity index (χ4n) is 2.90. The van der Waals surface area contributed by atoms with Gasteiger partial charge in [0.2, 0.25) is 6.09 Å². The standard InChI is InChI=1S/C19H27NO3.Li/c1-22-15-18(17-12-6-3-7-13-17)20-19(21)23-14-8-11-16-9-4-2-5-10-16;/h3,6-8,11-13,16,18H,2,4-5,9-10,14-15H2,1H3,(H,20,21);/q;+1/p-1/b11-8+;/t18-;/m1./s1. The molecule has 0 N–H and O–H groups in total. The van der Waals surface area contributed by atoms with Crippen LogP contribution in [-0.2, 0) is 9.47 Å². The van der Waals surface area contributed by atoms with E-state index >= 15 is 0 Å². The molecule has 1 saturated carbocycles. The summed E-state index contributed by atoms with van der Waals surface area (Å²) in [6.07, 6.45) is 10.0. The Morgan fingerprint density at radius 3 is 2.62 bits per heavy atom. The number of hydrogen-bond donors (Lipinski definition) is 0. The van der Waals surface area contributed by atoms with E-state index in [2.05, 4.69) is 11.4 Å². The van der Waals surface area contributed by atoms with Crippen molar-refractivity contribution in [2.75, 3.05) is 20.3 Å². The molecule has 1 aliphatic carbocycles. The molecule has 0 heterocycles. The summed E-state index contributed by atoms with van der Waals surface area (Å²) in [5.41, 5.74) is 0.948. The summed E-state index contributed by atoms with van der Waals surface area (Å²) in [6.45, 7) is 0.643. The number of allylic oxidation sites excluding steroid dienone is 1. The Hall–Kier alpha value is -1.21. The topological polar surface area (TPSA) is 49.6 Å². The van der Waals surface area contributed by atoms with Crippen molar-refractivity contribution in [3.8, 4) is 0 Å². The molecule has 1 amide bonds. The van der Waals surface area contributed by atoms with E-state index in [0.717, 1.165) is 5.56 Å². The Balaban J connectivity index is 0.00000288. The molecule has 0 bridgehead atoms. The van der Waals surface area contributed by atoms with Crippen LogP contribution in [0.15, 0.2) is 42.5 Å². The van der Waals surface area contributed by atoms with E-state index in [4.69, 9.17) is 9.47 Å². The van der Waals surface area contributed by atoms with Crippen LogP contribution in [-0.4, -0.2) is 26.4 Å². The first kappa shape index (κ1) is 20.8. The van der Waals surface area contributed by atoms with Gasteiger partial charge in [0.1, 0.15) is 6.61 Å². The normalized spacial score (nSPS) is 16.4. The quantitative estimate of drug-likeness (QED) is 0.570. The minimum atomic E-state index is -0.538. The Kier molecular flexibility index (Phi) is 10.6. The molecule has 24 heavy (non-hydrogen) atoms. The molecule has 126 valence electrons. The van der Waals surface area contributed by atoms with E-state index in [-0.39, 0.29) is 31.5 Å². The zero-order chi connectivity index (χ0) is 16.3. The maximum Gasteiger partial charge on any atom is 1.00 e. The predicted molar refractivity (Wildman–Crippen MR) is 91.5 cm³/mol. The molecule has 5 heteroatoms. The molecule has 1 aromatic rings. The third-order valence-electron chi connectivity index (χ3n) is 4.13. The molecule has 2 rings (SSSR count). The first-order chi connectivity index (χ1) is 11.3. The third kappa shape index (κ3) is 7.57. The van der Waals surface area contributed by atoms with Crippen LogP contribution in [0.1, 0.15) is 43.7 Å². The molecular weight excluding hydrogens is 297 g/mol. The van der Waals surface area contributed by atoms with E-state index in [1.54, 1.807) is 7.11 Å². The molecule has 0 saturated heterocycles. The molecule has 0 spiro atoms. The minimum absolute atomic E-state index is 0. The fourth-order valence-corrected chi connectivity index (χ4v) is 2.90. The first-order valence-electron chi connectivity index (χ1n) is 8.37. The van der Waals surface area contributed by atoms with E-state index in [9.17, 15) is 4.79 Å². The van der Waals surface area contributed by atoms with Crippen LogP contribution in [0.5, 0.6) is 0 Å². The molecule has 0 unspecified atom stereocenters. The maximum absolute atomic E-state index is 11.9. The number of benzene rings is 1. The van der Waals surface area contributed by atoms with Gasteiger partial charge in [0.25, 0.3) is 0 Å². The van der Waals surface area contributed by atoms with Gasteiger partial charge in [-0.1, -0.05) is 73.4 Å². The Bertz CT molecular complexity index is 487. The maximum atomic E-state index is 11.9. The average Bonchev–Trinajstić information content (AvgIpc) is 2.60. The van der Waals surface area contributed by atoms with Crippen LogP contribution in [0.2, 0.25) is 0 Å². The van der Waals surface area contributed by atoms with Crippen molar-refractivity contribution in [1.82, 2.24) is 0 Å². The Morgan fingerprint density at radius 1 is 1.25 bits per heavy atom. The van der Waals surface area contributed by atoms with Crippen LogP contribution in [0.25, 0.3) is 5.32 Å². The van der Waals surface area contributed by atoms with Crippen LogP contribution in [0.4, 0.5) is 4.79 Å². The second-order valence-electron chi connectivity index (χ2n) is 5.91. The third-order valence-corrected chi connectivity index (χ3v) is 4.13. The van der Waals surface area contributed by atoms with Gasteiger partial charge in [0.05, 0.1) is 0 Å². The number of carbonyl (C=O) groups is 1. The van der Waals surface area contributed by atoms with Gasteiger partial charge in [-0.3, -0.25) is 4.79 Å². The Morgan fingerprint density at radius 2 is 1.96 bits per heavy atom. The van der Waals surface area contributed by atoms with Gasteiger partial charge in [0, 0.05) is 13.7 Å². The van der Waals surface area contributed by atoms with Crippen molar-refractivity contribution in [1.29, 1.82) is 0 Å². The van der Waals surface area contributed by atoms with Crippen molar-refractivity contribution < 1.29 is 33.1 Å². The predicted octanol–water partition coefficient (Wildman–Crippen LogP) is 2.02. The van der Waals surface area contributed by atoms with Crippen LogP contribution >= 0.6 is 0 Å². The van der Waals surface area contributed by atoms with Crippen molar-refractivity contribution in [3.05, 3.63) is 53.4 Å². The zero-order valence-electron chi connectivity index (χ0n) is 14.8. The number of carbonyl (C=O) groups excluding carboxylic acids is 1. The summed E-state index contributed by atoms with van der Waals surface area (Å²) in [4.78, 5) is 11.9. The molecule has 1 aliphatic rings. The van der Waals surface area contributed by atoms with E-state index in [1.807, 2.05) is 36.4 Å². The Labute approximate surface area is 157 Å². The zero-order valence-corrected chi connectivity index (χ0v) is 14.8. The average molecular weight is 323 g/mol. The number of ether oxygens (including phenoxy) is 2. The number of nitrogens with zero attached hydrogens (tertiary/aromatic N) is 1. The fraction of sp³-hybridized carbons (Fsp3) is 0.526. The van der Waals surface area contributed by atoms with Gasteiger partial charge in [-0.25, -0.2) is 0 Å². The number of rotatable bonds is 7. The van der Waals surface area contributed by atoms with E-state index < -0.39 is 6.09 Å². The van der Waals surface area contributed by atoms with E-state index in [0.29, 0.717) is 12.5 Å². The van der Waals surface area contributed by atoms with E-state index in [1.165, 1.54) is 32.1 Å². The SMILES string of the molecule is COC[C@@H]([N-]C(=O)OC/C=C/C1CCCCC1)c1ccccc1.[Li+]. The van der Waals surface area contributed by atoms with Gasteiger partial charge in [-0.2, -0.15) is 0 Å². The van der Waals surface area contributed by atoms with Crippen molar-refractivity contribution >= 4 is 6.09 Å². The summed E-state index contributed by atoms with van der Waals surface area (Å²) in [5, 5.41) is 4.10. The second kappa shape index (κ2) is 12.2. The van der Waals surface area contributed by atoms with Gasteiger partial charge >= 0.3 is 18.9 Å². The molecular formula is C19H26LiNO3. The van der Waals surface area contributed by atoms with Gasteiger partial charge < -0.3 is 14.8 Å². The van der Waals surface area contributed by atoms with Crippen molar-refractivity contribution in [3.63, 3.8) is 0 Å². The molecule has 4 nitrogen and oxygen atoms in total. The number of hydrogen-bond acceptors (Lipinski definition) is 3. The minimum Gasteiger partial charge on any atom is -0.609 e. The van der Waals surface area contributed by atoms with Crippen LogP contribution in [0, 0.1) is 5.92 Å². The number of methoxy groups -OCH3 is 1. The largest absolute Gasteiger partial charge is 1.00 e. The molecule has 1 atom stereocenters. The second-order valence-corrected chi connectivity index (χ2v) is 5.91. The van der Waals surface area contributed by atoms with Crippen molar-refractivity contribution in [2.45, 2.75) is 38.1 Å². The smallest absolute Gasteiger partial charge is 0.609 e. The number of amides is 1. The molecule has 0 aliphatic heterocycles. The molecule has 0 radical (unpaired) electrons. The summed E-state index contributed by atoms with van der Waals surface area (Å²) >= 11 is 0. The summed E-state index contributed by atoms with van der Waals surface area (Å²) in [7, 11) is 1.60. The van der Waals surface area contributed by atoms with Gasteiger partial charge in [-0.15, -0.1) is 0 Å². The van der Waals surface area contributed by atoms with Gasteiger partial charge in [-0.05, 0) is 18.8 Å².